The summed E-state index contributed by atoms with van der Waals surface area (Å²) in [4.78, 5) is 24.1. The maximum absolute atomic E-state index is 13.7. The molecule has 4 nitrogen and oxygen atoms in total. The summed E-state index contributed by atoms with van der Waals surface area (Å²) in [6.45, 7) is 0.266. The monoisotopic (exact) mass is 439 g/mol. The van der Waals surface area contributed by atoms with Crippen LogP contribution >= 0.6 is 11.3 Å². The quantitative estimate of drug-likeness (QED) is 0.321. The van der Waals surface area contributed by atoms with Crippen LogP contribution in [0.25, 0.3) is 21.3 Å². The van der Waals surface area contributed by atoms with Crippen LogP contribution in [0.3, 0.4) is 0 Å². The number of anilines is 1. The van der Waals surface area contributed by atoms with Crippen LogP contribution in [-0.4, -0.2) is 15.9 Å². The first kappa shape index (κ1) is 20.0. The highest BCUT2D eigenvalue weighted by atomic mass is 32.1. The minimum absolute atomic E-state index is 0.185. The Kier molecular flexibility index (Phi) is 5.44. The number of aromatic nitrogens is 2. The van der Waals surface area contributed by atoms with Gasteiger partial charge in [0.1, 0.15) is 5.82 Å². The largest absolute Gasteiger partial charge is 0.278 e. The Bertz CT molecular complexity index is 1370. The molecule has 0 unspecified atom stereocenters. The Morgan fingerprint density at radius 1 is 0.875 bits per heavy atom. The number of hydrogen-bond donors (Lipinski definition) is 0. The van der Waals surface area contributed by atoms with Gasteiger partial charge in [-0.15, -0.1) is 0 Å². The number of benzene rings is 3. The van der Waals surface area contributed by atoms with E-state index in [9.17, 15) is 9.18 Å². The summed E-state index contributed by atoms with van der Waals surface area (Å²) in [5, 5.41) is 0.508. The van der Waals surface area contributed by atoms with E-state index in [0.29, 0.717) is 20.9 Å². The predicted molar refractivity (Wildman–Crippen MR) is 126 cm³/mol. The van der Waals surface area contributed by atoms with Crippen molar-refractivity contribution in [3.63, 3.8) is 0 Å². The van der Waals surface area contributed by atoms with Crippen LogP contribution in [0.15, 0.2) is 97.2 Å². The van der Waals surface area contributed by atoms with Gasteiger partial charge in [0.2, 0.25) is 0 Å². The third kappa shape index (κ3) is 4.13. The number of carbonyl (C=O) groups is 1. The van der Waals surface area contributed by atoms with E-state index in [1.165, 1.54) is 23.5 Å². The summed E-state index contributed by atoms with van der Waals surface area (Å²) in [7, 11) is 0. The maximum Gasteiger partial charge on any atom is 0.260 e. The second-order valence-corrected chi connectivity index (χ2v) is 8.27. The lowest BCUT2D eigenvalue weighted by molar-refractivity contribution is 0.0985. The van der Waals surface area contributed by atoms with E-state index in [1.807, 2.05) is 72.8 Å². The lowest BCUT2D eigenvalue weighted by Crippen LogP contribution is -2.30. The Hall–Kier alpha value is -3.90. The van der Waals surface area contributed by atoms with Crippen molar-refractivity contribution >= 4 is 32.6 Å². The minimum atomic E-state index is -0.327. The number of hydrogen-bond acceptors (Lipinski definition) is 4. The lowest BCUT2D eigenvalue weighted by atomic mass is 10.0. The van der Waals surface area contributed by atoms with Gasteiger partial charge >= 0.3 is 0 Å². The van der Waals surface area contributed by atoms with Crippen molar-refractivity contribution in [1.29, 1.82) is 0 Å². The molecule has 0 saturated heterocycles. The molecule has 3 aromatic carbocycles. The van der Waals surface area contributed by atoms with Gasteiger partial charge < -0.3 is 0 Å². The van der Waals surface area contributed by atoms with Crippen molar-refractivity contribution in [2.45, 2.75) is 6.54 Å². The van der Waals surface area contributed by atoms with Crippen LogP contribution < -0.4 is 4.90 Å². The molecule has 0 fully saturated rings. The van der Waals surface area contributed by atoms with Gasteiger partial charge in [0.15, 0.2) is 5.13 Å². The SMILES string of the molecule is O=C(c1ccc(-c2ccccc2)cc1)N(Cc1ccccn1)c1nc2ccc(F)cc2s1. The normalized spacial score (nSPS) is 10.9. The molecular formula is C26H18FN3OS. The van der Waals surface area contributed by atoms with Gasteiger partial charge in [-0.2, -0.15) is 0 Å². The van der Waals surface area contributed by atoms with Crippen LogP contribution in [0.2, 0.25) is 0 Å². The average molecular weight is 440 g/mol. The van der Waals surface area contributed by atoms with E-state index in [1.54, 1.807) is 17.2 Å². The van der Waals surface area contributed by atoms with Crippen molar-refractivity contribution in [1.82, 2.24) is 9.97 Å². The minimum Gasteiger partial charge on any atom is -0.278 e. The molecule has 156 valence electrons. The number of halogens is 1. The fraction of sp³-hybridized carbons (Fsp3) is 0.0385. The van der Waals surface area contributed by atoms with Gasteiger partial charge in [0.25, 0.3) is 5.91 Å². The van der Waals surface area contributed by atoms with E-state index in [2.05, 4.69) is 9.97 Å². The van der Waals surface area contributed by atoms with Gasteiger partial charge in [-0.3, -0.25) is 14.7 Å². The molecule has 0 bridgehead atoms. The van der Waals surface area contributed by atoms with Gasteiger partial charge in [0, 0.05) is 11.8 Å². The zero-order valence-corrected chi connectivity index (χ0v) is 17.8. The smallest absolute Gasteiger partial charge is 0.260 e. The van der Waals surface area contributed by atoms with Crippen molar-refractivity contribution in [3.8, 4) is 11.1 Å². The number of carbonyl (C=O) groups excluding carboxylic acids is 1. The molecule has 0 saturated carbocycles. The summed E-state index contributed by atoms with van der Waals surface area (Å²) in [6.07, 6.45) is 1.69. The molecule has 6 heteroatoms. The predicted octanol–water partition coefficient (Wildman–Crippen LogP) is 6.34. The maximum atomic E-state index is 13.7. The third-order valence-corrected chi connectivity index (χ3v) is 6.14. The van der Waals surface area contributed by atoms with Crippen molar-refractivity contribution < 1.29 is 9.18 Å². The summed E-state index contributed by atoms with van der Waals surface area (Å²) >= 11 is 1.29. The Morgan fingerprint density at radius 2 is 1.62 bits per heavy atom. The van der Waals surface area contributed by atoms with Gasteiger partial charge in [0.05, 0.1) is 22.5 Å². The molecule has 2 aromatic heterocycles. The van der Waals surface area contributed by atoms with Crippen molar-refractivity contribution in [3.05, 3.63) is 114 Å². The number of pyridine rings is 1. The standard InChI is InChI=1S/C26H18FN3OS/c27-21-13-14-23-24(16-21)32-26(29-23)30(17-22-8-4-5-15-28-22)25(31)20-11-9-19(10-12-20)18-6-2-1-3-7-18/h1-16H,17H2. The molecule has 5 rings (SSSR count). The lowest BCUT2D eigenvalue weighted by Gasteiger charge is -2.20. The first-order chi connectivity index (χ1) is 15.7. The molecule has 0 aliphatic carbocycles. The Balaban J connectivity index is 1.51. The number of rotatable bonds is 5. The number of thiazole rings is 1. The molecule has 0 aliphatic heterocycles. The van der Waals surface area contributed by atoms with Gasteiger partial charge in [-0.25, -0.2) is 9.37 Å². The van der Waals surface area contributed by atoms with Crippen LogP contribution in [0.4, 0.5) is 9.52 Å². The second-order valence-electron chi connectivity index (χ2n) is 7.26. The first-order valence-corrected chi connectivity index (χ1v) is 10.9. The highest BCUT2D eigenvalue weighted by molar-refractivity contribution is 7.22. The van der Waals surface area contributed by atoms with E-state index >= 15 is 0 Å². The van der Waals surface area contributed by atoms with Gasteiger partial charge in [-0.05, 0) is 53.6 Å². The van der Waals surface area contributed by atoms with Crippen molar-refractivity contribution in [2.24, 2.45) is 0 Å². The first-order valence-electron chi connectivity index (χ1n) is 10.1. The van der Waals surface area contributed by atoms with Crippen LogP contribution in [0, 0.1) is 5.82 Å². The van der Waals surface area contributed by atoms with E-state index in [-0.39, 0.29) is 18.3 Å². The Morgan fingerprint density at radius 3 is 2.38 bits per heavy atom. The average Bonchev–Trinajstić information content (AvgIpc) is 3.26. The van der Waals surface area contributed by atoms with Crippen molar-refractivity contribution in [2.75, 3.05) is 4.90 Å². The molecule has 0 atom stereocenters. The molecule has 0 spiro atoms. The third-order valence-electron chi connectivity index (χ3n) is 5.10. The summed E-state index contributed by atoms with van der Waals surface area (Å²) in [5.74, 6) is -0.512. The number of nitrogens with zero attached hydrogens (tertiary/aromatic N) is 3. The molecular weight excluding hydrogens is 421 g/mol. The van der Waals surface area contributed by atoms with Crippen LogP contribution in [0.5, 0.6) is 0 Å². The summed E-state index contributed by atoms with van der Waals surface area (Å²) < 4.78 is 14.4. The van der Waals surface area contributed by atoms with E-state index in [4.69, 9.17) is 0 Å². The van der Waals surface area contributed by atoms with Crippen LogP contribution in [0.1, 0.15) is 16.1 Å². The molecule has 32 heavy (non-hydrogen) atoms. The summed E-state index contributed by atoms with van der Waals surface area (Å²) in [5.41, 5.74) is 4.07. The van der Waals surface area contributed by atoms with E-state index < -0.39 is 0 Å². The summed E-state index contributed by atoms with van der Waals surface area (Å²) in [6, 6.07) is 27.6. The molecule has 1 amide bonds. The number of amides is 1. The zero-order valence-electron chi connectivity index (χ0n) is 17.0. The Labute approximate surface area is 188 Å². The highest BCUT2D eigenvalue weighted by Crippen LogP contribution is 2.31. The second kappa shape index (κ2) is 8.69. The number of fused-ring (bicyclic) bond motifs is 1. The molecule has 5 aromatic rings. The fourth-order valence-corrected chi connectivity index (χ4v) is 4.46. The van der Waals surface area contributed by atoms with E-state index in [0.717, 1.165) is 16.8 Å². The van der Waals surface area contributed by atoms with Crippen LogP contribution in [-0.2, 0) is 6.54 Å². The van der Waals surface area contributed by atoms with Gasteiger partial charge in [-0.1, -0.05) is 59.9 Å². The molecule has 2 heterocycles. The molecule has 0 aliphatic rings. The topological polar surface area (TPSA) is 46.1 Å². The molecule has 0 N–H and O–H groups in total. The fourth-order valence-electron chi connectivity index (χ4n) is 3.47. The highest BCUT2D eigenvalue weighted by Gasteiger charge is 2.22. The molecule has 0 radical (unpaired) electrons. The zero-order chi connectivity index (χ0) is 21.9.